The predicted octanol–water partition coefficient (Wildman–Crippen LogP) is 3.20. The SMILES string of the molecule is CCC(N)(CC)c1nc2cc(Cl)ccc2n1C. The number of benzene rings is 1. The number of hydrogen-bond donors (Lipinski definition) is 1. The van der Waals surface area contributed by atoms with E-state index in [2.05, 4.69) is 23.4 Å². The Balaban J connectivity index is 2.67. The lowest BCUT2D eigenvalue weighted by molar-refractivity contribution is 0.378. The molecule has 3 nitrogen and oxygen atoms in total. The van der Waals surface area contributed by atoms with E-state index in [4.69, 9.17) is 17.3 Å². The molecule has 92 valence electrons. The van der Waals surface area contributed by atoms with Gasteiger partial charge in [-0.1, -0.05) is 25.4 Å². The van der Waals surface area contributed by atoms with Crippen LogP contribution in [0.25, 0.3) is 11.0 Å². The number of rotatable bonds is 3. The first-order valence-corrected chi connectivity index (χ1v) is 6.31. The zero-order chi connectivity index (χ0) is 12.6. The summed E-state index contributed by atoms with van der Waals surface area (Å²) in [5.74, 6) is 0.930. The second kappa shape index (κ2) is 4.31. The van der Waals surface area contributed by atoms with E-state index < -0.39 is 0 Å². The zero-order valence-corrected chi connectivity index (χ0v) is 11.3. The molecule has 1 heterocycles. The molecule has 2 aromatic rings. The highest BCUT2D eigenvalue weighted by atomic mass is 35.5. The molecule has 0 fully saturated rings. The summed E-state index contributed by atoms with van der Waals surface area (Å²) in [4.78, 5) is 4.64. The van der Waals surface area contributed by atoms with Crippen LogP contribution in [0.2, 0.25) is 5.02 Å². The first kappa shape index (κ1) is 12.4. The van der Waals surface area contributed by atoms with Gasteiger partial charge >= 0.3 is 0 Å². The molecule has 2 rings (SSSR count). The summed E-state index contributed by atoms with van der Waals surface area (Å²) >= 11 is 5.98. The van der Waals surface area contributed by atoms with Crippen molar-refractivity contribution in [1.29, 1.82) is 0 Å². The molecule has 0 saturated carbocycles. The van der Waals surface area contributed by atoms with Crippen molar-refractivity contribution >= 4 is 22.6 Å². The molecule has 0 aliphatic rings. The molecule has 0 aliphatic heterocycles. The lowest BCUT2D eigenvalue weighted by Crippen LogP contribution is -2.37. The van der Waals surface area contributed by atoms with E-state index in [9.17, 15) is 0 Å². The molecular formula is C13H18ClN3. The Morgan fingerprint density at radius 2 is 2.00 bits per heavy atom. The highest BCUT2D eigenvalue weighted by Gasteiger charge is 2.28. The van der Waals surface area contributed by atoms with Crippen molar-refractivity contribution in [2.45, 2.75) is 32.2 Å². The van der Waals surface area contributed by atoms with Crippen molar-refractivity contribution in [2.75, 3.05) is 0 Å². The fraction of sp³-hybridized carbons (Fsp3) is 0.462. The maximum absolute atomic E-state index is 6.40. The van der Waals surface area contributed by atoms with Crippen molar-refractivity contribution in [1.82, 2.24) is 9.55 Å². The van der Waals surface area contributed by atoms with Crippen LogP contribution in [-0.4, -0.2) is 9.55 Å². The third-order valence-electron chi connectivity index (χ3n) is 3.55. The van der Waals surface area contributed by atoms with E-state index in [1.807, 2.05) is 25.2 Å². The molecule has 17 heavy (non-hydrogen) atoms. The standard InChI is InChI=1S/C13H18ClN3/c1-4-13(15,5-2)12-16-10-8-9(14)6-7-11(10)17(12)3/h6-8H,4-5,15H2,1-3H3. The van der Waals surface area contributed by atoms with Crippen LogP contribution in [0.4, 0.5) is 0 Å². The van der Waals surface area contributed by atoms with E-state index in [0.717, 1.165) is 29.7 Å². The van der Waals surface area contributed by atoms with Crippen LogP contribution in [-0.2, 0) is 12.6 Å². The number of nitrogens with zero attached hydrogens (tertiary/aromatic N) is 2. The summed E-state index contributed by atoms with van der Waals surface area (Å²) in [6, 6.07) is 5.75. The van der Waals surface area contributed by atoms with Crippen LogP contribution < -0.4 is 5.73 Å². The van der Waals surface area contributed by atoms with E-state index >= 15 is 0 Å². The molecule has 1 aromatic heterocycles. The summed E-state index contributed by atoms with van der Waals surface area (Å²) in [5.41, 5.74) is 8.02. The van der Waals surface area contributed by atoms with Crippen molar-refractivity contribution in [2.24, 2.45) is 12.8 Å². The van der Waals surface area contributed by atoms with Gasteiger partial charge in [0.1, 0.15) is 5.82 Å². The number of halogens is 1. The van der Waals surface area contributed by atoms with Crippen LogP contribution in [0.1, 0.15) is 32.5 Å². The van der Waals surface area contributed by atoms with Gasteiger partial charge in [-0.05, 0) is 31.0 Å². The third kappa shape index (κ3) is 1.94. The second-order valence-electron chi connectivity index (χ2n) is 4.49. The largest absolute Gasteiger partial charge is 0.330 e. The Morgan fingerprint density at radius 3 is 2.59 bits per heavy atom. The fourth-order valence-corrected chi connectivity index (χ4v) is 2.35. The summed E-state index contributed by atoms with van der Waals surface area (Å²) in [5, 5.41) is 0.706. The van der Waals surface area contributed by atoms with Crippen LogP contribution >= 0.6 is 11.6 Å². The van der Waals surface area contributed by atoms with Gasteiger partial charge < -0.3 is 10.3 Å². The van der Waals surface area contributed by atoms with E-state index in [1.165, 1.54) is 0 Å². The number of nitrogens with two attached hydrogens (primary N) is 1. The van der Waals surface area contributed by atoms with E-state index in [-0.39, 0.29) is 5.54 Å². The van der Waals surface area contributed by atoms with Gasteiger partial charge in [0.15, 0.2) is 0 Å². The highest BCUT2D eigenvalue weighted by molar-refractivity contribution is 6.31. The molecule has 4 heteroatoms. The number of imidazole rings is 1. The number of aryl methyl sites for hydroxylation is 1. The second-order valence-corrected chi connectivity index (χ2v) is 4.93. The Morgan fingerprint density at radius 1 is 1.35 bits per heavy atom. The highest BCUT2D eigenvalue weighted by Crippen LogP contribution is 2.28. The summed E-state index contributed by atoms with van der Waals surface area (Å²) in [6.45, 7) is 4.19. The number of fused-ring (bicyclic) bond motifs is 1. The van der Waals surface area contributed by atoms with E-state index in [0.29, 0.717) is 5.02 Å². The van der Waals surface area contributed by atoms with Crippen molar-refractivity contribution in [3.8, 4) is 0 Å². The van der Waals surface area contributed by atoms with Gasteiger partial charge in [-0.3, -0.25) is 0 Å². The van der Waals surface area contributed by atoms with Crippen LogP contribution in [0.15, 0.2) is 18.2 Å². The topological polar surface area (TPSA) is 43.8 Å². The normalized spacial score (nSPS) is 12.3. The predicted molar refractivity (Wildman–Crippen MR) is 72.2 cm³/mol. The quantitative estimate of drug-likeness (QED) is 0.911. The average molecular weight is 252 g/mol. The molecule has 0 radical (unpaired) electrons. The van der Waals surface area contributed by atoms with Crippen LogP contribution in [0, 0.1) is 0 Å². The minimum atomic E-state index is -0.361. The Hall–Kier alpha value is -1.06. The minimum Gasteiger partial charge on any atom is -0.330 e. The van der Waals surface area contributed by atoms with Gasteiger partial charge in [-0.15, -0.1) is 0 Å². The lowest BCUT2D eigenvalue weighted by atomic mass is 9.93. The molecule has 0 spiro atoms. The lowest BCUT2D eigenvalue weighted by Gasteiger charge is -2.25. The Kier molecular flexibility index (Phi) is 3.15. The molecule has 2 N–H and O–H groups in total. The van der Waals surface area contributed by atoms with Crippen molar-refractivity contribution in [3.05, 3.63) is 29.0 Å². The Bertz CT molecular complexity index is 541. The van der Waals surface area contributed by atoms with Crippen LogP contribution in [0.3, 0.4) is 0 Å². The molecule has 0 aliphatic carbocycles. The average Bonchev–Trinajstić information content (AvgIpc) is 2.66. The third-order valence-corrected chi connectivity index (χ3v) is 3.79. The summed E-state index contributed by atoms with van der Waals surface area (Å²) in [7, 11) is 2.01. The maximum Gasteiger partial charge on any atom is 0.129 e. The Labute approximate surface area is 107 Å². The monoisotopic (exact) mass is 251 g/mol. The molecular weight excluding hydrogens is 234 g/mol. The van der Waals surface area contributed by atoms with Gasteiger partial charge in [-0.2, -0.15) is 0 Å². The molecule has 0 saturated heterocycles. The van der Waals surface area contributed by atoms with Gasteiger partial charge in [0, 0.05) is 12.1 Å². The summed E-state index contributed by atoms with van der Waals surface area (Å²) in [6.07, 6.45) is 1.74. The first-order valence-electron chi connectivity index (χ1n) is 5.93. The first-order chi connectivity index (χ1) is 8.01. The fourth-order valence-electron chi connectivity index (χ4n) is 2.18. The smallest absolute Gasteiger partial charge is 0.129 e. The molecule has 1 aromatic carbocycles. The molecule has 0 atom stereocenters. The van der Waals surface area contributed by atoms with Gasteiger partial charge in [0.2, 0.25) is 0 Å². The van der Waals surface area contributed by atoms with Gasteiger partial charge in [-0.25, -0.2) is 4.98 Å². The number of aromatic nitrogens is 2. The molecule has 0 unspecified atom stereocenters. The minimum absolute atomic E-state index is 0.361. The number of hydrogen-bond acceptors (Lipinski definition) is 2. The van der Waals surface area contributed by atoms with E-state index in [1.54, 1.807) is 0 Å². The van der Waals surface area contributed by atoms with Gasteiger partial charge in [0.05, 0.1) is 16.6 Å². The maximum atomic E-state index is 6.40. The van der Waals surface area contributed by atoms with Crippen LogP contribution in [0.5, 0.6) is 0 Å². The van der Waals surface area contributed by atoms with Crippen molar-refractivity contribution in [3.63, 3.8) is 0 Å². The molecule has 0 amide bonds. The zero-order valence-electron chi connectivity index (χ0n) is 10.5. The van der Waals surface area contributed by atoms with Gasteiger partial charge in [0.25, 0.3) is 0 Å². The summed E-state index contributed by atoms with van der Waals surface area (Å²) < 4.78 is 2.07. The molecule has 0 bridgehead atoms. The van der Waals surface area contributed by atoms with Crippen molar-refractivity contribution < 1.29 is 0 Å².